The molecule has 1 heterocycles. The molecule has 0 radical (unpaired) electrons. The number of rotatable bonds is 7. The van der Waals surface area contributed by atoms with Crippen LogP contribution >= 0.6 is 0 Å². The van der Waals surface area contributed by atoms with Gasteiger partial charge in [-0.3, -0.25) is 0 Å². The minimum atomic E-state index is 0.237. The highest BCUT2D eigenvalue weighted by atomic mass is 16.5. The number of aromatic nitrogens is 3. The largest absolute Gasteiger partial charge is 0.467 e. The standard InChI is InChI=1S/C15H20N4O2/c1-11(12-7-5-4-6-8-12)9-10-16-13-17-14(20-2)19-15(18-13)21-3/h4-8,11H,9-10H2,1-3H3,(H,16,17,18,19). The van der Waals surface area contributed by atoms with E-state index in [0.29, 0.717) is 11.9 Å². The maximum Gasteiger partial charge on any atom is 0.324 e. The summed E-state index contributed by atoms with van der Waals surface area (Å²) in [5.41, 5.74) is 1.32. The Morgan fingerprint density at radius 2 is 1.62 bits per heavy atom. The van der Waals surface area contributed by atoms with E-state index in [2.05, 4.69) is 51.5 Å². The zero-order valence-corrected chi connectivity index (χ0v) is 12.5. The summed E-state index contributed by atoms with van der Waals surface area (Å²) in [6.07, 6.45) is 0.973. The Balaban J connectivity index is 1.91. The van der Waals surface area contributed by atoms with Crippen molar-refractivity contribution in [3.63, 3.8) is 0 Å². The molecule has 0 aliphatic heterocycles. The average Bonchev–Trinajstić information content (AvgIpc) is 2.55. The molecular weight excluding hydrogens is 268 g/mol. The monoisotopic (exact) mass is 288 g/mol. The molecule has 0 saturated heterocycles. The highest BCUT2D eigenvalue weighted by Crippen LogP contribution is 2.18. The Bertz CT molecular complexity index is 541. The van der Waals surface area contributed by atoms with Gasteiger partial charge in [0.25, 0.3) is 0 Å². The van der Waals surface area contributed by atoms with Gasteiger partial charge < -0.3 is 14.8 Å². The molecule has 0 spiro atoms. The van der Waals surface area contributed by atoms with Crippen LogP contribution in [0.25, 0.3) is 0 Å². The molecule has 1 N–H and O–H groups in total. The lowest BCUT2D eigenvalue weighted by molar-refractivity contribution is 0.341. The zero-order chi connectivity index (χ0) is 15.1. The highest BCUT2D eigenvalue weighted by Gasteiger charge is 2.08. The Hall–Kier alpha value is -2.37. The van der Waals surface area contributed by atoms with Crippen LogP contribution in [0.1, 0.15) is 24.8 Å². The lowest BCUT2D eigenvalue weighted by Gasteiger charge is -2.12. The molecule has 1 atom stereocenters. The molecule has 2 aromatic rings. The summed E-state index contributed by atoms with van der Waals surface area (Å²) in [6, 6.07) is 10.9. The van der Waals surface area contributed by atoms with E-state index in [1.165, 1.54) is 19.8 Å². The van der Waals surface area contributed by atoms with Crippen molar-refractivity contribution >= 4 is 5.95 Å². The number of nitrogens with one attached hydrogen (secondary N) is 1. The molecule has 0 aliphatic rings. The van der Waals surface area contributed by atoms with E-state index < -0.39 is 0 Å². The molecule has 0 bridgehead atoms. The molecule has 112 valence electrons. The molecule has 0 amide bonds. The third kappa shape index (κ3) is 4.30. The first-order valence-electron chi connectivity index (χ1n) is 6.85. The summed E-state index contributed by atoms with van der Waals surface area (Å²) in [5, 5.41) is 3.17. The van der Waals surface area contributed by atoms with Crippen molar-refractivity contribution in [2.24, 2.45) is 0 Å². The Labute approximate surface area is 124 Å². The Morgan fingerprint density at radius 1 is 1.00 bits per heavy atom. The first kappa shape index (κ1) is 15.0. The van der Waals surface area contributed by atoms with Crippen molar-refractivity contribution in [3.8, 4) is 12.0 Å². The van der Waals surface area contributed by atoms with Gasteiger partial charge in [0.2, 0.25) is 5.95 Å². The van der Waals surface area contributed by atoms with Crippen molar-refractivity contribution in [1.29, 1.82) is 0 Å². The van der Waals surface area contributed by atoms with Gasteiger partial charge in [0.05, 0.1) is 14.2 Å². The van der Waals surface area contributed by atoms with Gasteiger partial charge in [0.1, 0.15) is 0 Å². The van der Waals surface area contributed by atoms with Gasteiger partial charge in [-0.1, -0.05) is 37.3 Å². The van der Waals surface area contributed by atoms with Gasteiger partial charge >= 0.3 is 12.0 Å². The first-order valence-corrected chi connectivity index (χ1v) is 6.85. The highest BCUT2D eigenvalue weighted by molar-refractivity contribution is 5.27. The predicted octanol–water partition coefficient (Wildman–Crippen LogP) is 2.49. The molecule has 0 fully saturated rings. The van der Waals surface area contributed by atoms with Crippen molar-refractivity contribution in [2.75, 3.05) is 26.1 Å². The van der Waals surface area contributed by atoms with E-state index in [4.69, 9.17) is 9.47 Å². The van der Waals surface area contributed by atoms with E-state index in [1.54, 1.807) is 0 Å². The first-order chi connectivity index (χ1) is 10.2. The van der Waals surface area contributed by atoms with Crippen molar-refractivity contribution in [2.45, 2.75) is 19.3 Å². The van der Waals surface area contributed by atoms with E-state index >= 15 is 0 Å². The summed E-state index contributed by atoms with van der Waals surface area (Å²) in [4.78, 5) is 12.2. The number of benzene rings is 1. The van der Waals surface area contributed by atoms with Crippen LogP contribution in [0.3, 0.4) is 0 Å². The number of hydrogen-bond donors (Lipinski definition) is 1. The second-order valence-electron chi connectivity index (χ2n) is 4.66. The fourth-order valence-electron chi connectivity index (χ4n) is 1.95. The van der Waals surface area contributed by atoms with Crippen LogP contribution < -0.4 is 14.8 Å². The van der Waals surface area contributed by atoms with Crippen molar-refractivity contribution in [1.82, 2.24) is 15.0 Å². The number of hydrogen-bond acceptors (Lipinski definition) is 6. The molecule has 0 saturated carbocycles. The molecular formula is C15H20N4O2. The van der Waals surface area contributed by atoms with Gasteiger partial charge in [-0.2, -0.15) is 9.97 Å². The number of ether oxygens (including phenoxy) is 2. The minimum absolute atomic E-state index is 0.237. The lowest BCUT2D eigenvalue weighted by Crippen LogP contribution is -2.10. The Kier molecular flexibility index (Phi) is 5.31. The van der Waals surface area contributed by atoms with Gasteiger partial charge in [-0.25, -0.2) is 0 Å². The summed E-state index contributed by atoms with van der Waals surface area (Å²) in [6.45, 7) is 2.96. The van der Waals surface area contributed by atoms with Crippen molar-refractivity contribution in [3.05, 3.63) is 35.9 Å². The fraction of sp³-hybridized carbons (Fsp3) is 0.400. The molecule has 1 aromatic heterocycles. The molecule has 0 aliphatic carbocycles. The van der Waals surface area contributed by atoms with Crippen LogP contribution in [-0.2, 0) is 0 Å². The van der Waals surface area contributed by atoms with Crippen LogP contribution in [0.2, 0.25) is 0 Å². The molecule has 6 nitrogen and oxygen atoms in total. The molecule has 21 heavy (non-hydrogen) atoms. The third-order valence-electron chi connectivity index (χ3n) is 3.19. The third-order valence-corrected chi connectivity index (χ3v) is 3.19. The van der Waals surface area contributed by atoms with E-state index in [9.17, 15) is 0 Å². The maximum absolute atomic E-state index is 5.01. The van der Waals surface area contributed by atoms with E-state index in [1.807, 2.05) is 6.07 Å². The smallest absolute Gasteiger partial charge is 0.324 e. The van der Waals surface area contributed by atoms with Gasteiger partial charge in [0, 0.05) is 6.54 Å². The topological polar surface area (TPSA) is 69.2 Å². The van der Waals surface area contributed by atoms with E-state index in [0.717, 1.165) is 13.0 Å². The summed E-state index contributed by atoms with van der Waals surface area (Å²) >= 11 is 0. The fourth-order valence-corrected chi connectivity index (χ4v) is 1.95. The molecule has 6 heteroatoms. The van der Waals surface area contributed by atoms with Crippen LogP contribution in [0.4, 0.5) is 5.95 Å². The summed E-state index contributed by atoms with van der Waals surface area (Å²) < 4.78 is 10.0. The molecule has 1 unspecified atom stereocenters. The molecule has 1 aromatic carbocycles. The van der Waals surface area contributed by atoms with Crippen LogP contribution in [0.15, 0.2) is 30.3 Å². The average molecular weight is 288 g/mol. The van der Waals surface area contributed by atoms with Crippen molar-refractivity contribution < 1.29 is 9.47 Å². The normalized spacial score (nSPS) is 11.8. The number of methoxy groups -OCH3 is 2. The Morgan fingerprint density at radius 3 is 2.19 bits per heavy atom. The predicted molar refractivity (Wildman–Crippen MR) is 80.9 cm³/mol. The maximum atomic E-state index is 5.01. The molecule has 2 rings (SSSR count). The number of anilines is 1. The quantitative estimate of drug-likeness (QED) is 0.844. The number of nitrogens with zero attached hydrogens (tertiary/aromatic N) is 3. The second kappa shape index (κ2) is 7.42. The zero-order valence-electron chi connectivity index (χ0n) is 12.5. The summed E-state index contributed by atoms with van der Waals surface area (Å²) in [7, 11) is 3.02. The second-order valence-corrected chi connectivity index (χ2v) is 4.66. The van der Waals surface area contributed by atoms with E-state index in [-0.39, 0.29) is 12.0 Å². The van der Waals surface area contributed by atoms with Crippen LogP contribution in [0, 0.1) is 0 Å². The minimum Gasteiger partial charge on any atom is -0.467 e. The van der Waals surface area contributed by atoms with Gasteiger partial charge in [-0.15, -0.1) is 4.98 Å². The lowest BCUT2D eigenvalue weighted by atomic mass is 9.98. The van der Waals surface area contributed by atoms with Crippen LogP contribution in [0.5, 0.6) is 12.0 Å². The van der Waals surface area contributed by atoms with Gasteiger partial charge in [0.15, 0.2) is 0 Å². The summed E-state index contributed by atoms with van der Waals surface area (Å²) in [5.74, 6) is 0.920. The van der Waals surface area contributed by atoms with Crippen LogP contribution in [-0.4, -0.2) is 35.7 Å². The van der Waals surface area contributed by atoms with Gasteiger partial charge in [-0.05, 0) is 17.9 Å². The SMILES string of the molecule is COc1nc(NCCC(C)c2ccccc2)nc(OC)n1.